The van der Waals surface area contributed by atoms with Gasteiger partial charge in [-0.2, -0.15) is 0 Å². The zero-order valence-electron chi connectivity index (χ0n) is 9.63. The molecule has 0 spiro atoms. The zero-order valence-corrected chi connectivity index (χ0v) is 9.63. The Morgan fingerprint density at radius 3 is 2.94 bits per heavy atom. The van der Waals surface area contributed by atoms with Gasteiger partial charge in [-0.15, -0.1) is 0 Å². The number of nitrogens with one attached hydrogen (secondary N) is 1. The van der Waals surface area contributed by atoms with E-state index in [2.05, 4.69) is 5.32 Å². The molecule has 1 aliphatic rings. The molecule has 0 atom stereocenters. The topological polar surface area (TPSA) is 21.3 Å². The molecule has 0 amide bonds. The van der Waals surface area contributed by atoms with Gasteiger partial charge in [0.05, 0.1) is 6.61 Å². The van der Waals surface area contributed by atoms with Crippen LogP contribution in [0, 0.1) is 11.7 Å². The minimum Gasteiger partial charge on any atom is -0.493 e. The molecule has 1 N–H and O–H groups in total. The standard InChI is InChI=1S/C13H18FNO/c1-15-9-11-8-12(14)4-5-13(11)16-7-6-10-2-3-10/h4-5,8,10,15H,2-3,6-7,9H2,1H3. The Hall–Kier alpha value is -1.09. The smallest absolute Gasteiger partial charge is 0.123 e. The van der Waals surface area contributed by atoms with E-state index in [0.717, 1.165) is 30.3 Å². The lowest BCUT2D eigenvalue weighted by Gasteiger charge is -2.11. The molecule has 3 heteroatoms. The van der Waals surface area contributed by atoms with E-state index in [4.69, 9.17) is 4.74 Å². The molecule has 1 saturated carbocycles. The Morgan fingerprint density at radius 2 is 2.25 bits per heavy atom. The first-order chi connectivity index (χ1) is 7.79. The van der Waals surface area contributed by atoms with Crippen LogP contribution in [0.4, 0.5) is 4.39 Å². The Labute approximate surface area is 95.8 Å². The predicted octanol–water partition coefficient (Wildman–Crippen LogP) is 2.72. The maximum Gasteiger partial charge on any atom is 0.123 e. The molecular weight excluding hydrogens is 205 g/mol. The summed E-state index contributed by atoms with van der Waals surface area (Å²) >= 11 is 0. The maximum atomic E-state index is 13.0. The molecule has 0 unspecified atom stereocenters. The summed E-state index contributed by atoms with van der Waals surface area (Å²) in [5.41, 5.74) is 0.887. The monoisotopic (exact) mass is 223 g/mol. The zero-order chi connectivity index (χ0) is 11.4. The molecule has 0 saturated heterocycles. The van der Waals surface area contributed by atoms with Crippen LogP contribution in [0.15, 0.2) is 18.2 Å². The van der Waals surface area contributed by atoms with E-state index in [-0.39, 0.29) is 5.82 Å². The Balaban J connectivity index is 1.93. The fourth-order valence-corrected chi connectivity index (χ4v) is 1.76. The van der Waals surface area contributed by atoms with Crippen LogP contribution in [0.1, 0.15) is 24.8 Å². The van der Waals surface area contributed by atoms with Gasteiger partial charge in [0.2, 0.25) is 0 Å². The highest BCUT2D eigenvalue weighted by molar-refractivity contribution is 5.33. The van der Waals surface area contributed by atoms with Crippen LogP contribution in [0.3, 0.4) is 0 Å². The van der Waals surface area contributed by atoms with Gasteiger partial charge in [0.15, 0.2) is 0 Å². The molecule has 88 valence electrons. The van der Waals surface area contributed by atoms with Crippen LogP contribution in [-0.4, -0.2) is 13.7 Å². The molecule has 1 fully saturated rings. The first-order valence-electron chi connectivity index (χ1n) is 5.85. The van der Waals surface area contributed by atoms with Crippen molar-refractivity contribution in [2.45, 2.75) is 25.8 Å². The second kappa shape index (κ2) is 5.30. The van der Waals surface area contributed by atoms with Crippen molar-refractivity contribution in [3.8, 4) is 5.75 Å². The minimum absolute atomic E-state index is 0.209. The molecule has 2 nitrogen and oxygen atoms in total. The fraction of sp³-hybridized carbons (Fsp3) is 0.538. The molecule has 2 rings (SSSR count). The van der Waals surface area contributed by atoms with Crippen molar-refractivity contribution in [1.82, 2.24) is 5.32 Å². The molecule has 0 radical (unpaired) electrons. The lowest BCUT2D eigenvalue weighted by atomic mass is 10.2. The van der Waals surface area contributed by atoms with E-state index in [0.29, 0.717) is 6.54 Å². The summed E-state index contributed by atoms with van der Waals surface area (Å²) in [7, 11) is 1.85. The van der Waals surface area contributed by atoms with E-state index < -0.39 is 0 Å². The van der Waals surface area contributed by atoms with E-state index in [1.807, 2.05) is 7.05 Å². The van der Waals surface area contributed by atoms with Crippen molar-refractivity contribution in [2.24, 2.45) is 5.92 Å². The van der Waals surface area contributed by atoms with Gasteiger partial charge in [0.1, 0.15) is 11.6 Å². The summed E-state index contributed by atoms with van der Waals surface area (Å²) in [6.45, 7) is 1.38. The van der Waals surface area contributed by atoms with Gasteiger partial charge in [0, 0.05) is 12.1 Å². The average molecular weight is 223 g/mol. The predicted molar refractivity (Wildman–Crippen MR) is 62.0 cm³/mol. The Bertz CT molecular complexity index is 350. The van der Waals surface area contributed by atoms with Crippen molar-refractivity contribution >= 4 is 0 Å². The van der Waals surface area contributed by atoms with Crippen molar-refractivity contribution in [2.75, 3.05) is 13.7 Å². The van der Waals surface area contributed by atoms with Gasteiger partial charge in [-0.3, -0.25) is 0 Å². The number of rotatable bonds is 6. The largest absolute Gasteiger partial charge is 0.493 e. The number of halogens is 1. The van der Waals surface area contributed by atoms with Crippen LogP contribution < -0.4 is 10.1 Å². The Morgan fingerprint density at radius 1 is 1.44 bits per heavy atom. The number of benzene rings is 1. The van der Waals surface area contributed by atoms with Crippen LogP contribution in [0.5, 0.6) is 5.75 Å². The highest BCUT2D eigenvalue weighted by Gasteiger charge is 2.20. The quantitative estimate of drug-likeness (QED) is 0.800. The van der Waals surface area contributed by atoms with Gasteiger partial charge in [-0.1, -0.05) is 12.8 Å². The van der Waals surface area contributed by atoms with Crippen LogP contribution in [-0.2, 0) is 6.54 Å². The van der Waals surface area contributed by atoms with Crippen molar-refractivity contribution in [3.05, 3.63) is 29.6 Å². The van der Waals surface area contributed by atoms with Gasteiger partial charge < -0.3 is 10.1 Å². The molecule has 16 heavy (non-hydrogen) atoms. The molecule has 0 heterocycles. The second-order valence-corrected chi connectivity index (χ2v) is 4.36. The van der Waals surface area contributed by atoms with Crippen molar-refractivity contribution < 1.29 is 9.13 Å². The maximum absolute atomic E-state index is 13.0. The van der Waals surface area contributed by atoms with Crippen LogP contribution in [0.25, 0.3) is 0 Å². The first-order valence-corrected chi connectivity index (χ1v) is 5.85. The van der Waals surface area contributed by atoms with Gasteiger partial charge in [0.25, 0.3) is 0 Å². The van der Waals surface area contributed by atoms with E-state index >= 15 is 0 Å². The van der Waals surface area contributed by atoms with Crippen molar-refractivity contribution in [3.63, 3.8) is 0 Å². The normalized spacial score (nSPS) is 15.1. The summed E-state index contributed by atoms with van der Waals surface area (Å²) in [6, 6.07) is 4.70. The summed E-state index contributed by atoms with van der Waals surface area (Å²) in [5, 5.41) is 3.02. The summed E-state index contributed by atoms with van der Waals surface area (Å²) in [4.78, 5) is 0. The SMILES string of the molecule is CNCc1cc(F)ccc1OCCC1CC1. The average Bonchev–Trinajstić information content (AvgIpc) is 3.06. The van der Waals surface area contributed by atoms with Crippen LogP contribution in [0.2, 0.25) is 0 Å². The number of hydrogen-bond donors (Lipinski definition) is 1. The number of hydrogen-bond acceptors (Lipinski definition) is 2. The second-order valence-electron chi connectivity index (χ2n) is 4.36. The summed E-state index contributed by atoms with van der Waals surface area (Å²) in [5.74, 6) is 1.46. The van der Waals surface area contributed by atoms with E-state index in [9.17, 15) is 4.39 Å². The first kappa shape index (κ1) is 11.4. The van der Waals surface area contributed by atoms with Crippen LogP contribution >= 0.6 is 0 Å². The molecule has 0 bridgehead atoms. The third kappa shape index (κ3) is 3.20. The van der Waals surface area contributed by atoms with Gasteiger partial charge in [-0.05, 0) is 37.6 Å². The summed E-state index contributed by atoms with van der Waals surface area (Å²) in [6.07, 6.45) is 3.81. The third-order valence-corrected chi connectivity index (χ3v) is 2.87. The third-order valence-electron chi connectivity index (χ3n) is 2.87. The number of ether oxygens (including phenoxy) is 1. The van der Waals surface area contributed by atoms with Gasteiger partial charge >= 0.3 is 0 Å². The molecule has 1 aliphatic carbocycles. The lowest BCUT2D eigenvalue weighted by molar-refractivity contribution is 0.298. The highest BCUT2D eigenvalue weighted by Crippen LogP contribution is 2.32. The molecule has 1 aromatic carbocycles. The Kier molecular flexibility index (Phi) is 3.78. The molecular formula is C13H18FNO. The van der Waals surface area contributed by atoms with Crippen molar-refractivity contribution in [1.29, 1.82) is 0 Å². The minimum atomic E-state index is -0.209. The summed E-state index contributed by atoms with van der Waals surface area (Å²) < 4.78 is 18.7. The molecule has 1 aromatic rings. The van der Waals surface area contributed by atoms with E-state index in [1.54, 1.807) is 6.07 Å². The molecule has 0 aromatic heterocycles. The van der Waals surface area contributed by atoms with E-state index in [1.165, 1.54) is 25.0 Å². The highest BCUT2D eigenvalue weighted by atomic mass is 19.1. The fourth-order valence-electron chi connectivity index (χ4n) is 1.76. The lowest BCUT2D eigenvalue weighted by Crippen LogP contribution is -2.08. The van der Waals surface area contributed by atoms with Gasteiger partial charge in [-0.25, -0.2) is 4.39 Å². The molecule has 0 aliphatic heterocycles.